The van der Waals surface area contributed by atoms with Gasteiger partial charge in [0, 0.05) is 40.5 Å². The van der Waals surface area contributed by atoms with E-state index in [0.717, 1.165) is 78.5 Å². The summed E-state index contributed by atoms with van der Waals surface area (Å²) < 4.78 is 21.5. The monoisotopic (exact) mass is 712 g/mol. The molecule has 0 aliphatic carbocycles. The average molecular weight is 713 g/mol. The number of benzene rings is 4. The van der Waals surface area contributed by atoms with Crippen molar-refractivity contribution in [3.63, 3.8) is 0 Å². The molecule has 0 fully saturated rings. The van der Waals surface area contributed by atoms with E-state index >= 15 is 0 Å². The van der Waals surface area contributed by atoms with Gasteiger partial charge in [0.15, 0.2) is 0 Å². The quantitative estimate of drug-likeness (QED) is 0.122. The number of rotatable bonds is 7. The van der Waals surface area contributed by atoms with Gasteiger partial charge in [0.05, 0.1) is 19.9 Å². The summed E-state index contributed by atoms with van der Waals surface area (Å²) in [7, 11) is 3.35. The summed E-state index contributed by atoms with van der Waals surface area (Å²) in [6.07, 6.45) is 1.75. The normalized spacial score (nSPS) is 11.1. The zero-order valence-electron chi connectivity index (χ0n) is 27.3. The molecule has 0 spiro atoms. The maximum Gasteiger partial charge on any atom is 2.00 e. The van der Waals surface area contributed by atoms with E-state index in [1.807, 2.05) is 48.0 Å². The number of para-hydroxylation sites is 1. The summed E-state index contributed by atoms with van der Waals surface area (Å²) in [5.74, 6) is 3.48. The largest absolute Gasteiger partial charge is 2.00 e. The van der Waals surface area contributed by atoms with E-state index in [2.05, 4.69) is 85.8 Å². The van der Waals surface area contributed by atoms with Crippen LogP contribution in [0.15, 0.2) is 79.0 Å². The van der Waals surface area contributed by atoms with Gasteiger partial charge in [-0.2, -0.15) is 16.7 Å². The van der Waals surface area contributed by atoms with Crippen molar-refractivity contribution in [2.24, 2.45) is 0 Å². The Kier molecular flexibility index (Phi) is 8.67. The topological polar surface area (TPSA) is 63.3 Å². The number of aromatic nitrogens is 4. The fourth-order valence-electron chi connectivity index (χ4n) is 6.45. The SMILES string of the molecule is COc1ccnc(-n2c3[c-]c(Oc4[c-]c(-n5nc(C)c(-c6c(C)cc(OC)cc6C)c5C)cc(C)c4)ccc3c3ccccc32)c1.[Pd+2]. The van der Waals surface area contributed by atoms with Gasteiger partial charge >= 0.3 is 20.4 Å². The average Bonchev–Trinajstić information content (AvgIpc) is 3.53. The van der Waals surface area contributed by atoms with Crippen LogP contribution >= 0.6 is 0 Å². The van der Waals surface area contributed by atoms with Gasteiger partial charge in [-0.05, 0) is 79.7 Å². The van der Waals surface area contributed by atoms with E-state index in [0.29, 0.717) is 11.5 Å². The Morgan fingerprint density at radius 3 is 2.19 bits per heavy atom. The fourth-order valence-corrected chi connectivity index (χ4v) is 6.45. The third-order valence-electron chi connectivity index (χ3n) is 8.44. The number of hydrogen-bond acceptors (Lipinski definition) is 5. The molecular formula is C39H34N4O3Pd. The van der Waals surface area contributed by atoms with Crippen LogP contribution in [0.5, 0.6) is 23.0 Å². The molecule has 0 N–H and O–H groups in total. The molecule has 0 aliphatic heterocycles. The summed E-state index contributed by atoms with van der Waals surface area (Å²) in [6, 6.07) is 31.2. The van der Waals surface area contributed by atoms with Crippen molar-refractivity contribution < 1.29 is 34.6 Å². The van der Waals surface area contributed by atoms with Crippen LogP contribution in [0.2, 0.25) is 0 Å². The maximum atomic E-state index is 6.46. The van der Waals surface area contributed by atoms with Crippen LogP contribution in [0.1, 0.15) is 28.1 Å². The van der Waals surface area contributed by atoms with Crippen molar-refractivity contribution in [1.82, 2.24) is 19.3 Å². The molecule has 47 heavy (non-hydrogen) atoms. The number of aryl methyl sites for hydroxylation is 4. The first kappa shape index (κ1) is 32.1. The second-order valence-electron chi connectivity index (χ2n) is 11.6. The summed E-state index contributed by atoms with van der Waals surface area (Å²) in [5, 5.41) is 7.13. The van der Waals surface area contributed by atoms with Gasteiger partial charge < -0.3 is 18.8 Å². The Balaban J connectivity index is 0.00000386. The molecule has 0 unspecified atom stereocenters. The Morgan fingerprint density at radius 2 is 1.45 bits per heavy atom. The number of fused-ring (bicyclic) bond motifs is 3. The van der Waals surface area contributed by atoms with Crippen LogP contribution in [-0.4, -0.2) is 33.6 Å². The molecule has 0 saturated heterocycles. The van der Waals surface area contributed by atoms with E-state index in [-0.39, 0.29) is 20.4 Å². The summed E-state index contributed by atoms with van der Waals surface area (Å²) >= 11 is 0. The van der Waals surface area contributed by atoms with Gasteiger partial charge in [-0.15, -0.1) is 35.7 Å². The van der Waals surface area contributed by atoms with Gasteiger partial charge in [0.2, 0.25) is 0 Å². The number of nitrogens with zero attached hydrogens (tertiary/aromatic N) is 4. The van der Waals surface area contributed by atoms with Gasteiger partial charge in [-0.3, -0.25) is 4.68 Å². The third-order valence-corrected chi connectivity index (χ3v) is 8.44. The summed E-state index contributed by atoms with van der Waals surface area (Å²) in [5.41, 5.74) is 10.3. The van der Waals surface area contributed by atoms with Crippen LogP contribution in [0, 0.1) is 46.8 Å². The molecule has 3 heterocycles. The minimum atomic E-state index is 0. The molecular weight excluding hydrogens is 679 g/mol. The molecule has 8 heteroatoms. The van der Waals surface area contributed by atoms with Gasteiger partial charge in [0.25, 0.3) is 0 Å². The number of ether oxygens (including phenoxy) is 3. The predicted octanol–water partition coefficient (Wildman–Crippen LogP) is 8.98. The second kappa shape index (κ2) is 12.7. The van der Waals surface area contributed by atoms with Crippen molar-refractivity contribution in [3.8, 4) is 45.6 Å². The minimum absolute atomic E-state index is 0. The molecule has 7 rings (SSSR count). The molecule has 0 bridgehead atoms. The Bertz CT molecular complexity index is 2260. The van der Waals surface area contributed by atoms with Gasteiger partial charge in [0.1, 0.15) is 17.3 Å². The molecule has 4 aromatic carbocycles. The molecule has 0 radical (unpaired) electrons. The molecule has 7 nitrogen and oxygen atoms in total. The van der Waals surface area contributed by atoms with Gasteiger partial charge in [-0.1, -0.05) is 30.6 Å². The standard InChI is InChI=1S/C39H34N4O3.Pd/c1-23-16-28(43-27(5)39(26(4)41-43)38-24(2)18-31(45-7)19-25(38)3)20-32(17-23)46-30-12-13-34-33-10-8-9-11-35(33)42(36(34)21-30)37-22-29(44-6)14-15-40-37;/h8-19,22H,1-7H3;/q-2;+2. The number of methoxy groups -OCH3 is 2. The first-order valence-electron chi connectivity index (χ1n) is 15.2. The van der Waals surface area contributed by atoms with E-state index in [1.54, 1.807) is 20.4 Å². The number of pyridine rings is 1. The zero-order chi connectivity index (χ0) is 32.1. The van der Waals surface area contributed by atoms with Crippen molar-refractivity contribution in [1.29, 1.82) is 0 Å². The maximum absolute atomic E-state index is 6.46. The fraction of sp³-hybridized carbons (Fsp3) is 0.179. The van der Waals surface area contributed by atoms with Crippen LogP contribution in [0.3, 0.4) is 0 Å². The van der Waals surface area contributed by atoms with E-state index in [1.165, 1.54) is 5.56 Å². The van der Waals surface area contributed by atoms with Gasteiger partial charge in [-0.25, -0.2) is 4.98 Å². The first-order chi connectivity index (χ1) is 22.2. The molecule has 0 atom stereocenters. The molecule has 3 aromatic heterocycles. The Labute approximate surface area is 288 Å². The van der Waals surface area contributed by atoms with Crippen LogP contribution in [0.4, 0.5) is 0 Å². The summed E-state index contributed by atoms with van der Waals surface area (Å²) in [4.78, 5) is 4.66. The molecule has 0 aliphatic rings. The second-order valence-corrected chi connectivity index (χ2v) is 11.6. The Morgan fingerprint density at radius 1 is 0.702 bits per heavy atom. The zero-order valence-corrected chi connectivity index (χ0v) is 28.9. The smallest absolute Gasteiger partial charge is 0.509 e. The molecule has 0 saturated carbocycles. The van der Waals surface area contributed by atoms with E-state index in [9.17, 15) is 0 Å². The van der Waals surface area contributed by atoms with Crippen molar-refractivity contribution in [3.05, 3.63) is 119 Å². The molecule has 238 valence electrons. The van der Waals surface area contributed by atoms with Crippen molar-refractivity contribution >= 4 is 21.8 Å². The van der Waals surface area contributed by atoms with E-state index in [4.69, 9.17) is 19.3 Å². The van der Waals surface area contributed by atoms with Crippen LogP contribution in [0.25, 0.3) is 44.4 Å². The molecule has 7 aromatic rings. The Hall–Kier alpha value is -4.90. The minimum Gasteiger partial charge on any atom is -0.509 e. The predicted molar refractivity (Wildman–Crippen MR) is 182 cm³/mol. The first-order valence-corrected chi connectivity index (χ1v) is 15.2. The summed E-state index contributed by atoms with van der Waals surface area (Å²) in [6.45, 7) is 10.4. The number of hydrogen-bond donors (Lipinski definition) is 0. The van der Waals surface area contributed by atoms with E-state index < -0.39 is 0 Å². The van der Waals surface area contributed by atoms with Crippen LogP contribution in [-0.2, 0) is 20.4 Å². The van der Waals surface area contributed by atoms with Crippen molar-refractivity contribution in [2.75, 3.05) is 14.2 Å². The third kappa shape index (κ3) is 5.69. The van der Waals surface area contributed by atoms with Crippen molar-refractivity contribution in [2.45, 2.75) is 34.6 Å². The molecule has 0 amide bonds. The van der Waals surface area contributed by atoms with Crippen LogP contribution < -0.4 is 14.2 Å².